The number of hydrogen-bond donors (Lipinski definition) is 0. The molecule has 0 spiro atoms. The van der Waals surface area contributed by atoms with Crippen LogP contribution < -0.4 is 4.74 Å². The van der Waals surface area contributed by atoms with Crippen molar-refractivity contribution in [3.63, 3.8) is 0 Å². The minimum absolute atomic E-state index is 0.201. The highest BCUT2D eigenvalue weighted by atomic mass is 16.5. The van der Waals surface area contributed by atoms with E-state index in [1.807, 2.05) is 73.7 Å². The van der Waals surface area contributed by atoms with E-state index in [-0.39, 0.29) is 12.5 Å². The van der Waals surface area contributed by atoms with Gasteiger partial charge in [0.05, 0.1) is 13.0 Å². The topological polar surface area (TPSA) is 55.8 Å². The molecule has 156 valence electrons. The summed E-state index contributed by atoms with van der Waals surface area (Å²) in [5.74, 6) is -0.287. The Bertz CT molecular complexity index is 1020. The van der Waals surface area contributed by atoms with E-state index in [4.69, 9.17) is 9.47 Å². The number of likely N-dealkylation sites (N-methyl/N-ethyl adjacent to an activating group) is 1. The number of esters is 1. The first-order valence-electron chi connectivity index (χ1n) is 10.1. The molecule has 0 aliphatic carbocycles. The molecule has 3 aromatic rings. The predicted octanol–water partition coefficient (Wildman–Crippen LogP) is 4.54. The zero-order chi connectivity index (χ0) is 21.5. The van der Waals surface area contributed by atoms with E-state index in [1.54, 1.807) is 18.9 Å². The number of benzene rings is 3. The average molecular weight is 405 g/mol. The minimum Gasteiger partial charge on any atom is -0.497 e. The number of carbonyl (C=O) groups excluding carboxylic acids is 2. The fraction of sp³-hybridized carbons (Fsp3) is 0.280. The Balaban J connectivity index is 1.60. The Kier molecular flexibility index (Phi) is 7.07. The van der Waals surface area contributed by atoms with Crippen molar-refractivity contribution in [2.75, 3.05) is 20.3 Å². The Hall–Kier alpha value is -3.34. The molecule has 1 amide bonds. The van der Waals surface area contributed by atoms with E-state index in [9.17, 15) is 9.59 Å². The lowest BCUT2D eigenvalue weighted by Crippen LogP contribution is -2.34. The van der Waals surface area contributed by atoms with Gasteiger partial charge in [-0.25, -0.2) is 0 Å². The van der Waals surface area contributed by atoms with E-state index in [0.717, 1.165) is 27.6 Å². The van der Waals surface area contributed by atoms with E-state index in [1.165, 1.54) is 0 Å². The standard InChI is InChI=1S/C25H27NO4/c1-4-26(16-19-8-6-5-7-9-19)24(27)17-30-25(28)18(2)20-10-11-22-15-23(29-3)13-12-21(22)14-20/h5-15,18H,4,16-17H2,1-3H3/t18-/m0/s1. The summed E-state index contributed by atoms with van der Waals surface area (Å²) >= 11 is 0. The van der Waals surface area contributed by atoms with Crippen molar-refractivity contribution in [2.24, 2.45) is 0 Å². The third-order valence-electron chi connectivity index (χ3n) is 5.21. The van der Waals surface area contributed by atoms with Gasteiger partial charge < -0.3 is 14.4 Å². The smallest absolute Gasteiger partial charge is 0.313 e. The molecule has 0 saturated carbocycles. The SMILES string of the molecule is CCN(Cc1ccccc1)C(=O)COC(=O)[C@@H](C)c1ccc2cc(OC)ccc2c1. The van der Waals surface area contributed by atoms with E-state index >= 15 is 0 Å². The monoisotopic (exact) mass is 405 g/mol. The van der Waals surface area contributed by atoms with Crippen LogP contribution in [0, 0.1) is 0 Å². The maximum Gasteiger partial charge on any atom is 0.313 e. The summed E-state index contributed by atoms with van der Waals surface area (Å²) in [6.45, 7) is 4.50. The van der Waals surface area contributed by atoms with Crippen LogP contribution in [0.4, 0.5) is 0 Å². The van der Waals surface area contributed by atoms with Crippen molar-refractivity contribution >= 4 is 22.6 Å². The van der Waals surface area contributed by atoms with E-state index in [0.29, 0.717) is 13.1 Å². The summed E-state index contributed by atoms with van der Waals surface area (Å²) in [4.78, 5) is 26.7. The largest absolute Gasteiger partial charge is 0.497 e. The van der Waals surface area contributed by atoms with Crippen LogP contribution in [-0.4, -0.2) is 37.0 Å². The van der Waals surface area contributed by atoms with Crippen LogP contribution in [0.1, 0.15) is 30.9 Å². The quantitative estimate of drug-likeness (QED) is 0.516. The zero-order valence-electron chi connectivity index (χ0n) is 17.6. The predicted molar refractivity (Wildman–Crippen MR) is 117 cm³/mol. The molecule has 0 aliphatic rings. The summed E-state index contributed by atoms with van der Waals surface area (Å²) in [5, 5.41) is 2.05. The number of hydrogen-bond acceptors (Lipinski definition) is 4. The van der Waals surface area contributed by atoms with Crippen LogP contribution in [0.15, 0.2) is 66.7 Å². The van der Waals surface area contributed by atoms with Gasteiger partial charge in [-0.3, -0.25) is 9.59 Å². The summed E-state index contributed by atoms with van der Waals surface area (Å²) in [6.07, 6.45) is 0. The molecule has 5 nitrogen and oxygen atoms in total. The van der Waals surface area contributed by atoms with Gasteiger partial charge in [-0.05, 0) is 47.9 Å². The van der Waals surface area contributed by atoms with Crippen LogP contribution in [0.3, 0.4) is 0 Å². The van der Waals surface area contributed by atoms with Crippen LogP contribution in [0.2, 0.25) is 0 Å². The Morgan fingerprint density at radius 3 is 2.37 bits per heavy atom. The molecule has 30 heavy (non-hydrogen) atoms. The zero-order valence-corrected chi connectivity index (χ0v) is 17.6. The molecule has 0 N–H and O–H groups in total. The highest BCUT2D eigenvalue weighted by Gasteiger charge is 2.20. The number of methoxy groups -OCH3 is 1. The maximum atomic E-state index is 12.5. The molecular weight excluding hydrogens is 378 g/mol. The third-order valence-corrected chi connectivity index (χ3v) is 5.21. The number of ether oxygens (including phenoxy) is 2. The molecule has 0 radical (unpaired) electrons. The maximum absolute atomic E-state index is 12.5. The Labute approximate surface area is 177 Å². The first kappa shape index (κ1) is 21.4. The van der Waals surface area contributed by atoms with Gasteiger partial charge in [0.25, 0.3) is 5.91 Å². The lowest BCUT2D eigenvalue weighted by atomic mass is 9.98. The molecule has 0 fully saturated rings. The lowest BCUT2D eigenvalue weighted by molar-refractivity contribution is -0.153. The first-order chi connectivity index (χ1) is 14.5. The molecule has 0 bridgehead atoms. The molecule has 0 aromatic heterocycles. The van der Waals surface area contributed by atoms with Gasteiger partial charge in [0.2, 0.25) is 0 Å². The second-order valence-electron chi connectivity index (χ2n) is 7.20. The summed E-state index contributed by atoms with van der Waals surface area (Å²) in [6, 6.07) is 21.4. The Morgan fingerprint density at radius 2 is 1.67 bits per heavy atom. The van der Waals surface area contributed by atoms with Crippen LogP contribution in [-0.2, 0) is 20.9 Å². The molecule has 0 heterocycles. The van der Waals surface area contributed by atoms with Gasteiger partial charge in [-0.15, -0.1) is 0 Å². The first-order valence-corrected chi connectivity index (χ1v) is 10.1. The number of carbonyl (C=O) groups is 2. The molecule has 0 unspecified atom stereocenters. The number of amides is 1. The molecule has 0 saturated heterocycles. The highest BCUT2D eigenvalue weighted by molar-refractivity contribution is 5.87. The van der Waals surface area contributed by atoms with Crippen LogP contribution in [0.25, 0.3) is 10.8 Å². The van der Waals surface area contributed by atoms with Crippen molar-refractivity contribution in [1.29, 1.82) is 0 Å². The Morgan fingerprint density at radius 1 is 0.967 bits per heavy atom. The normalized spacial score (nSPS) is 11.7. The number of fused-ring (bicyclic) bond motifs is 1. The van der Waals surface area contributed by atoms with Crippen molar-refractivity contribution < 1.29 is 19.1 Å². The molecular formula is C25H27NO4. The molecule has 3 rings (SSSR count). The number of rotatable bonds is 8. The van der Waals surface area contributed by atoms with Crippen LogP contribution in [0.5, 0.6) is 5.75 Å². The summed E-state index contributed by atoms with van der Waals surface area (Å²) < 4.78 is 10.6. The van der Waals surface area contributed by atoms with Gasteiger partial charge in [-0.2, -0.15) is 0 Å². The van der Waals surface area contributed by atoms with Gasteiger partial charge >= 0.3 is 5.97 Å². The molecule has 5 heteroatoms. The second-order valence-corrected chi connectivity index (χ2v) is 7.20. The van der Waals surface area contributed by atoms with E-state index in [2.05, 4.69) is 0 Å². The second kappa shape index (κ2) is 9.92. The highest BCUT2D eigenvalue weighted by Crippen LogP contribution is 2.25. The lowest BCUT2D eigenvalue weighted by Gasteiger charge is -2.21. The van der Waals surface area contributed by atoms with Gasteiger partial charge in [-0.1, -0.05) is 54.6 Å². The summed E-state index contributed by atoms with van der Waals surface area (Å²) in [5.41, 5.74) is 1.89. The molecule has 0 aliphatic heterocycles. The minimum atomic E-state index is -0.464. The molecule has 1 atom stereocenters. The van der Waals surface area contributed by atoms with Crippen molar-refractivity contribution in [1.82, 2.24) is 4.90 Å². The van der Waals surface area contributed by atoms with Crippen molar-refractivity contribution in [3.05, 3.63) is 77.9 Å². The van der Waals surface area contributed by atoms with Gasteiger partial charge in [0.1, 0.15) is 5.75 Å². The van der Waals surface area contributed by atoms with Crippen LogP contribution >= 0.6 is 0 Å². The van der Waals surface area contributed by atoms with Gasteiger partial charge in [0, 0.05) is 13.1 Å². The fourth-order valence-corrected chi connectivity index (χ4v) is 3.30. The summed E-state index contributed by atoms with van der Waals surface area (Å²) in [7, 11) is 1.63. The van der Waals surface area contributed by atoms with E-state index < -0.39 is 11.9 Å². The number of nitrogens with zero attached hydrogens (tertiary/aromatic N) is 1. The average Bonchev–Trinajstić information content (AvgIpc) is 2.80. The van der Waals surface area contributed by atoms with Gasteiger partial charge in [0.15, 0.2) is 6.61 Å². The fourth-order valence-electron chi connectivity index (χ4n) is 3.30. The third kappa shape index (κ3) is 5.17. The van der Waals surface area contributed by atoms with Crippen molar-refractivity contribution in [2.45, 2.75) is 26.3 Å². The molecule has 3 aromatic carbocycles. The van der Waals surface area contributed by atoms with Crippen molar-refractivity contribution in [3.8, 4) is 5.75 Å².